The van der Waals surface area contributed by atoms with Gasteiger partial charge in [-0.1, -0.05) is 34.8 Å². The molecule has 59 heavy (non-hydrogen) atoms. The third kappa shape index (κ3) is 13.3. The smallest absolute Gasteiger partial charge is 0.488 e. The van der Waals surface area contributed by atoms with Gasteiger partial charge in [-0.15, -0.1) is 0 Å². The number of methoxy groups -OCH3 is 2. The number of fused-ring (bicyclic) bond motifs is 1. The Morgan fingerprint density at radius 2 is 1.53 bits per heavy atom. The van der Waals surface area contributed by atoms with Crippen LogP contribution in [0.15, 0.2) is 48.7 Å². The summed E-state index contributed by atoms with van der Waals surface area (Å²) in [5, 5.41) is 36.0. The number of aryl methyl sites for hydroxylation is 1. The molecule has 1 aliphatic rings. The summed E-state index contributed by atoms with van der Waals surface area (Å²) >= 11 is 12.7. The predicted octanol–water partition coefficient (Wildman–Crippen LogP) is 4.03. The van der Waals surface area contributed by atoms with E-state index in [2.05, 4.69) is 31.5 Å². The molecule has 0 bridgehead atoms. The van der Waals surface area contributed by atoms with E-state index in [1.165, 1.54) is 19.4 Å². The van der Waals surface area contributed by atoms with Gasteiger partial charge in [0.25, 0.3) is 5.91 Å². The lowest BCUT2D eigenvalue weighted by Crippen LogP contribution is -2.47. The van der Waals surface area contributed by atoms with Crippen LogP contribution in [0.25, 0.3) is 10.9 Å². The van der Waals surface area contributed by atoms with Crippen molar-refractivity contribution in [2.45, 2.75) is 13.3 Å². The van der Waals surface area contributed by atoms with Gasteiger partial charge in [0.2, 0.25) is 0 Å². The van der Waals surface area contributed by atoms with E-state index >= 15 is 0 Å². The number of benzene rings is 3. The van der Waals surface area contributed by atoms with Crippen LogP contribution in [0.3, 0.4) is 0 Å². The Balaban J connectivity index is 0.921. The van der Waals surface area contributed by atoms with Gasteiger partial charge in [-0.25, -0.2) is 0 Å². The van der Waals surface area contributed by atoms with E-state index in [9.17, 15) is 20.1 Å². The Hall–Kier alpha value is -4.41. The molecule has 1 aromatic heterocycles. The lowest BCUT2D eigenvalue weighted by molar-refractivity contribution is 0.00835. The first-order valence-electron chi connectivity index (χ1n) is 19.4. The van der Waals surface area contributed by atoms with Crippen molar-refractivity contribution in [3.05, 3.63) is 75.4 Å². The summed E-state index contributed by atoms with van der Waals surface area (Å²) in [5.74, 6) is 1.28. The van der Waals surface area contributed by atoms with E-state index in [4.69, 9.17) is 51.6 Å². The molecule has 0 radical (unpaired) electrons. The van der Waals surface area contributed by atoms with Crippen molar-refractivity contribution < 1.29 is 43.3 Å². The molecular weight excluding hydrogens is 802 g/mol. The third-order valence-corrected chi connectivity index (χ3v) is 10.4. The first kappa shape index (κ1) is 45.7. The van der Waals surface area contributed by atoms with E-state index in [-0.39, 0.29) is 5.91 Å². The normalized spacial score (nSPS) is 13.3. The van der Waals surface area contributed by atoms with Crippen LogP contribution in [0.5, 0.6) is 17.2 Å². The van der Waals surface area contributed by atoms with Gasteiger partial charge in [-0.2, -0.15) is 5.26 Å². The van der Waals surface area contributed by atoms with Crippen molar-refractivity contribution in [1.82, 2.24) is 20.1 Å². The summed E-state index contributed by atoms with van der Waals surface area (Å²) in [4.78, 5) is 21.7. The minimum Gasteiger partial charge on any atom is -0.495 e. The number of piperazine rings is 1. The van der Waals surface area contributed by atoms with E-state index in [0.717, 1.165) is 45.7 Å². The van der Waals surface area contributed by atoms with Crippen molar-refractivity contribution in [3.63, 3.8) is 0 Å². The van der Waals surface area contributed by atoms with Crippen LogP contribution in [0.2, 0.25) is 10.0 Å². The van der Waals surface area contributed by atoms with E-state index < -0.39 is 7.12 Å². The fraction of sp³-hybridized carbons (Fsp3) is 0.439. The zero-order valence-corrected chi connectivity index (χ0v) is 35.1. The number of halogens is 2. The van der Waals surface area contributed by atoms with Gasteiger partial charge >= 0.3 is 7.12 Å². The molecule has 4 aromatic rings. The second kappa shape index (κ2) is 23.4. The molecule has 0 unspecified atom stereocenters. The molecule has 1 fully saturated rings. The average molecular weight is 854 g/mol. The zero-order chi connectivity index (χ0) is 42.1. The van der Waals surface area contributed by atoms with E-state index in [0.29, 0.717) is 125 Å². The fourth-order valence-corrected chi connectivity index (χ4v) is 7.00. The predicted molar refractivity (Wildman–Crippen MR) is 228 cm³/mol. The maximum Gasteiger partial charge on any atom is 0.488 e. The number of nitrogens with one attached hydrogen (secondary N) is 2. The minimum atomic E-state index is -1.57. The second-order valence-corrected chi connectivity index (χ2v) is 14.5. The van der Waals surface area contributed by atoms with Crippen molar-refractivity contribution in [3.8, 4) is 23.3 Å². The van der Waals surface area contributed by atoms with Gasteiger partial charge in [0.15, 0.2) is 11.5 Å². The lowest BCUT2D eigenvalue weighted by atomic mass is 9.77. The number of hydrogen-bond donors (Lipinski definition) is 4. The van der Waals surface area contributed by atoms with Gasteiger partial charge in [-0.05, 0) is 43.1 Å². The first-order valence-corrected chi connectivity index (χ1v) is 20.1. The van der Waals surface area contributed by atoms with Crippen molar-refractivity contribution in [2.24, 2.45) is 0 Å². The highest BCUT2D eigenvalue weighted by Gasteiger charge is 2.19. The SMILES string of the molecule is COc1cc(Nc2c(C#N)cnc3cc(OCCCN4CCN(CCOCCOCCOCCNC(=O)c5ccc(B(O)O)c(C)c5)CC4)c(OC)cc23)c(Cl)cc1Cl. The summed E-state index contributed by atoms with van der Waals surface area (Å²) in [6, 6.07) is 13.8. The highest BCUT2D eigenvalue weighted by atomic mass is 35.5. The molecule has 1 amide bonds. The molecular formula is C41H51BCl2N6O9. The monoisotopic (exact) mass is 852 g/mol. The van der Waals surface area contributed by atoms with Crippen molar-refractivity contribution in [2.75, 3.05) is 112 Å². The molecule has 0 atom stereocenters. The Morgan fingerprint density at radius 1 is 0.847 bits per heavy atom. The molecule has 0 saturated carbocycles. The summed E-state index contributed by atoms with van der Waals surface area (Å²) in [6.45, 7) is 11.0. The number of amides is 1. The Morgan fingerprint density at radius 3 is 2.19 bits per heavy atom. The van der Waals surface area contributed by atoms with Gasteiger partial charge in [0.05, 0.1) is 93.0 Å². The maximum absolute atomic E-state index is 12.3. The number of pyridine rings is 1. The molecule has 2 heterocycles. The fourth-order valence-electron chi connectivity index (χ4n) is 6.50. The molecule has 4 N–H and O–H groups in total. The lowest BCUT2D eigenvalue weighted by Gasteiger charge is -2.34. The molecule has 1 aliphatic heterocycles. The molecule has 18 heteroatoms. The van der Waals surface area contributed by atoms with Crippen LogP contribution in [-0.4, -0.2) is 144 Å². The number of hydrogen-bond acceptors (Lipinski definition) is 14. The van der Waals surface area contributed by atoms with E-state index in [1.54, 1.807) is 44.4 Å². The average Bonchev–Trinajstić information content (AvgIpc) is 3.23. The van der Waals surface area contributed by atoms with Crippen molar-refractivity contribution in [1.29, 1.82) is 5.26 Å². The van der Waals surface area contributed by atoms with Crippen molar-refractivity contribution >= 4 is 64.0 Å². The quantitative estimate of drug-likeness (QED) is 0.0621. The largest absolute Gasteiger partial charge is 0.495 e. The van der Waals surface area contributed by atoms with Gasteiger partial charge in [-0.3, -0.25) is 14.7 Å². The number of carbonyl (C=O) groups is 1. The van der Waals surface area contributed by atoms with Crippen LogP contribution in [-0.2, 0) is 14.2 Å². The summed E-state index contributed by atoms with van der Waals surface area (Å²) < 4.78 is 34.1. The van der Waals surface area contributed by atoms with Crippen LogP contribution < -0.4 is 30.3 Å². The molecule has 0 aliphatic carbocycles. The maximum atomic E-state index is 12.3. The summed E-state index contributed by atoms with van der Waals surface area (Å²) in [5.41, 5.74) is 3.44. The Kier molecular flexibility index (Phi) is 18.1. The highest BCUT2D eigenvalue weighted by molar-refractivity contribution is 6.59. The number of aromatic nitrogens is 1. The number of carbonyl (C=O) groups excluding carboxylic acids is 1. The molecule has 1 saturated heterocycles. The Labute approximate surface area is 355 Å². The molecule has 3 aromatic carbocycles. The number of nitriles is 1. The van der Waals surface area contributed by atoms with Crippen LogP contribution >= 0.6 is 23.2 Å². The standard InChI is InChI=1S/C41H51BCl2N6O9/c1-28-21-29(5-6-32(28)42(52)53)41(51)46-7-15-56-17-19-58-20-18-57-16-13-50-11-9-49(10-12-50)8-4-14-59-39-24-35-31(22-38(39)55-3)40(30(26-45)27-47-35)48-36-25-37(54-2)34(44)23-33(36)43/h5-6,21-25,27,52-53H,4,7-20H2,1-3H3,(H,46,51)(H,47,48). The van der Waals surface area contributed by atoms with Gasteiger partial charge < -0.3 is 54.0 Å². The molecule has 316 valence electrons. The number of ether oxygens (including phenoxy) is 6. The Bertz CT molecular complexity index is 2050. The van der Waals surface area contributed by atoms with Crippen LogP contribution in [0.4, 0.5) is 11.4 Å². The van der Waals surface area contributed by atoms with Crippen LogP contribution in [0, 0.1) is 18.3 Å². The second-order valence-electron chi connectivity index (χ2n) is 13.7. The summed E-state index contributed by atoms with van der Waals surface area (Å²) in [7, 11) is 1.53. The van der Waals surface area contributed by atoms with E-state index in [1.807, 2.05) is 6.07 Å². The van der Waals surface area contributed by atoms with Gasteiger partial charge in [0, 0.05) is 75.1 Å². The molecule has 0 spiro atoms. The third-order valence-electron chi connectivity index (χ3n) is 9.75. The van der Waals surface area contributed by atoms with Gasteiger partial charge in [0.1, 0.15) is 11.8 Å². The number of rotatable bonds is 23. The highest BCUT2D eigenvalue weighted by Crippen LogP contribution is 2.40. The number of anilines is 2. The minimum absolute atomic E-state index is 0.251. The summed E-state index contributed by atoms with van der Waals surface area (Å²) in [6.07, 6.45) is 2.35. The molecule has 5 rings (SSSR count). The number of nitrogens with zero attached hydrogens (tertiary/aromatic N) is 4. The molecule has 15 nitrogen and oxygen atoms in total. The topological polar surface area (TPSA) is 180 Å². The van der Waals surface area contributed by atoms with Crippen LogP contribution in [0.1, 0.15) is 27.9 Å². The first-order chi connectivity index (χ1) is 28.6. The zero-order valence-electron chi connectivity index (χ0n) is 33.6.